The van der Waals surface area contributed by atoms with Crippen LogP contribution in [-0.2, 0) is 4.79 Å². The lowest BCUT2D eigenvalue weighted by molar-refractivity contribution is -0.136. The smallest absolute Gasteiger partial charge is 0.426 e. The molecule has 0 aromatic carbocycles. The Morgan fingerprint density at radius 1 is 1.32 bits per heavy atom. The molecule has 2 atom stereocenters. The first-order valence-electron chi connectivity index (χ1n) is 7.38. The molecule has 1 aliphatic heterocycles. The summed E-state index contributed by atoms with van der Waals surface area (Å²) in [7, 11) is -1.46. The first-order valence-corrected chi connectivity index (χ1v) is 7.38. The molecule has 0 spiro atoms. The van der Waals surface area contributed by atoms with Crippen LogP contribution in [0.25, 0.3) is 0 Å². The fourth-order valence-electron chi connectivity index (χ4n) is 3.52. The minimum Gasteiger partial charge on any atom is -0.426 e. The summed E-state index contributed by atoms with van der Waals surface area (Å²) in [6.45, 7) is 2.68. The second kappa shape index (κ2) is 5.81. The van der Waals surface area contributed by atoms with Gasteiger partial charge in [0.1, 0.15) is 0 Å². The Hall–Kier alpha value is -0.585. The minimum atomic E-state index is -1.46. The van der Waals surface area contributed by atoms with Crippen LogP contribution in [0.2, 0.25) is 0 Å². The maximum atomic E-state index is 12.5. The topological polar surface area (TPSA) is 86.8 Å². The number of nitrogens with zero attached hydrogens (tertiary/aromatic N) is 1. The van der Waals surface area contributed by atoms with Gasteiger partial charge in [0, 0.05) is 6.54 Å². The van der Waals surface area contributed by atoms with Gasteiger partial charge in [-0.3, -0.25) is 4.79 Å². The quantitative estimate of drug-likeness (QED) is 0.642. The molecule has 1 saturated carbocycles. The highest BCUT2D eigenvalue weighted by Gasteiger charge is 2.44. The van der Waals surface area contributed by atoms with Crippen molar-refractivity contribution in [1.82, 2.24) is 4.90 Å². The van der Waals surface area contributed by atoms with Gasteiger partial charge in [-0.1, -0.05) is 26.2 Å². The molecule has 19 heavy (non-hydrogen) atoms. The number of rotatable bonds is 3. The second-order valence-corrected chi connectivity index (χ2v) is 6.35. The van der Waals surface area contributed by atoms with Gasteiger partial charge in [0.15, 0.2) is 0 Å². The summed E-state index contributed by atoms with van der Waals surface area (Å²) in [4.78, 5) is 14.1. The van der Waals surface area contributed by atoms with Gasteiger partial charge in [-0.25, -0.2) is 0 Å². The van der Waals surface area contributed by atoms with E-state index in [9.17, 15) is 14.8 Å². The molecule has 108 valence electrons. The number of carbonyl (C=O) groups excluding carboxylic acids is 1. The van der Waals surface area contributed by atoms with Crippen LogP contribution >= 0.6 is 0 Å². The van der Waals surface area contributed by atoms with Crippen molar-refractivity contribution >= 4 is 13.0 Å². The summed E-state index contributed by atoms with van der Waals surface area (Å²) in [5.41, 5.74) is 6.08. The van der Waals surface area contributed by atoms with Crippen LogP contribution in [0.3, 0.4) is 0 Å². The summed E-state index contributed by atoms with van der Waals surface area (Å²) < 4.78 is 0. The van der Waals surface area contributed by atoms with Crippen LogP contribution in [0, 0.1) is 5.41 Å². The van der Waals surface area contributed by atoms with Crippen molar-refractivity contribution in [2.75, 3.05) is 6.54 Å². The molecule has 1 saturated heterocycles. The van der Waals surface area contributed by atoms with Crippen molar-refractivity contribution < 1.29 is 14.8 Å². The lowest BCUT2D eigenvalue weighted by Gasteiger charge is -2.40. The first-order chi connectivity index (χ1) is 8.96. The summed E-state index contributed by atoms with van der Waals surface area (Å²) in [5, 5.41) is 18.7. The molecule has 1 aliphatic carbocycles. The highest BCUT2D eigenvalue weighted by Crippen LogP contribution is 2.39. The van der Waals surface area contributed by atoms with E-state index in [1.54, 1.807) is 4.90 Å². The average Bonchev–Trinajstić information content (AvgIpc) is 2.87. The van der Waals surface area contributed by atoms with Crippen molar-refractivity contribution in [2.24, 2.45) is 11.1 Å². The molecule has 0 radical (unpaired) electrons. The zero-order valence-corrected chi connectivity index (χ0v) is 11.7. The molecule has 0 bridgehead atoms. The van der Waals surface area contributed by atoms with Crippen molar-refractivity contribution in [3.63, 3.8) is 0 Å². The average molecular weight is 268 g/mol. The van der Waals surface area contributed by atoms with Crippen LogP contribution in [0.15, 0.2) is 0 Å². The van der Waals surface area contributed by atoms with Gasteiger partial charge in [-0.15, -0.1) is 0 Å². The molecular formula is C13H25BN2O3. The Morgan fingerprint density at radius 2 is 1.95 bits per heavy atom. The maximum Gasteiger partial charge on any atom is 0.475 e. The van der Waals surface area contributed by atoms with Gasteiger partial charge in [-0.2, -0.15) is 0 Å². The minimum absolute atomic E-state index is 0.111. The van der Waals surface area contributed by atoms with E-state index >= 15 is 0 Å². The standard InChI is InChI=1S/C13H25BN2O3/c1-13(7-3-2-4-8-13)11(15)12(17)16-9-5-6-10(16)14(18)19/h10-11,18-19H,2-9,15H2,1H3/t10-,11?/m0/s1. The molecule has 0 aromatic rings. The molecule has 6 heteroatoms. The number of carbonyl (C=O) groups is 1. The maximum absolute atomic E-state index is 12.5. The van der Waals surface area contributed by atoms with Crippen LogP contribution in [-0.4, -0.2) is 46.5 Å². The third kappa shape index (κ3) is 2.96. The van der Waals surface area contributed by atoms with Crippen molar-refractivity contribution in [3.05, 3.63) is 0 Å². The molecule has 5 nitrogen and oxygen atoms in total. The first kappa shape index (κ1) is 14.8. The fraction of sp³-hybridized carbons (Fsp3) is 0.923. The number of likely N-dealkylation sites (tertiary alicyclic amines) is 1. The summed E-state index contributed by atoms with van der Waals surface area (Å²) in [5.74, 6) is -0.592. The molecule has 1 heterocycles. The zero-order valence-electron chi connectivity index (χ0n) is 11.7. The lowest BCUT2D eigenvalue weighted by Crippen LogP contribution is -2.56. The molecule has 4 N–H and O–H groups in total. The number of nitrogens with two attached hydrogens (primary N) is 1. The predicted octanol–water partition coefficient (Wildman–Crippen LogP) is 0.287. The van der Waals surface area contributed by atoms with E-state index in [-0.39, 0.29) is 11.3 Å². The summed E-state index contributed by atoms with van der Waals surface area (Å²) >= 11 is 0. The van der Waals surface area contributed by atoms with Gasteiger partial charge < -0.3 is 20.7 Å². The monoisotopic (exact) mass is 268 g/mol. The normalized spacial score (nSPS) is 28.2. The van der Waals surface area contributed by atoms with E-state index < -0.39 is 19.1 Å². The predicted molar refractivity (Wildman–Crippen MR) is 74.1 cm³/mol. The second-order valence-electron chi connectivity index (χ2n) is 6.35. The van der Waals surface area contributed by atoms with Gasteiger partial charge in [0.25, 0.3) is 0 Å². The fourth-order valence-corrected chi connectivity index (χ4v) is 3.52. The Morgan fingerprint density at radius 3 is 2.53 bits per heavy atom. The Labute approximate surface area is 115 Å². The van der Waals surface area contributed by atoms with Crippen molar-refractivity contribution in [3.8, 4) is 0 Å². The largest absolute Gasteiger partial charge is 0.475 e. The molecule has 1 unspecified atom stereocenters. The van der Waals surface area contributed by atoms with E-state index in [1.807, 2.05) is 0 Å². The van der Waals surface area contributed by atoms with Gasteiger partial charge >= 0.3 is 7.12 Å². The number of amides is 1. The van der Waals surface area contributed by atoms with E-state index in [2.05, 4.69) is 6.92 Å². The van der Waals surface area contributed by atoms with Crippen LogP contribution in [0.4, 0.5) is 0 Å². The SMILES string of the molecule is CC1(C(N)C(=O)N2CCC[C@H]2B(O)O)CCCCC1. The van der Waals surface area contributed by atoms with Gasteiger partial charge in [-0.05, 0) is 31.1 Å². The Balaban J connectivity index is 2.05. The molecule has 1 amide bonds. The third-order valence-corrected chi connectivity index (χ3v) is 4.94. The van der Waals surface area contributed by atoms with E-state index in [0.717, 1.165) is 32.1 Å². The summed E-state index contributed by atoms with van der Waals surface area (Å²) in [6, 6.07) is -0.521. The van der Waals surface area contributed by atoms with Crippen LogP contribution < -0.4 is 5.73 Å². The number of hydrogen-bond acceptors (Lipinski definition) is 4. The van der Waals surface area contributed by atoms with E-state index in [1.165, 1.54) is 6.42 Å². The zero-order chi connectivity index (χ0) is 14.0. The van der Waals surface area contributed by atoms with Crippen LogP contribution in [0.1, 0.15) is 51.9 Å². The van der Waals surface area contributed by atoms with Crippen molar-refractivity contribution in [1.29, 1.82) is 0 Å². The Bertz CT molecular complexity index is 332. The van der Waals surface area contributed by atoms with Gasteiger partial charge in [0.2, 0.25) is 5.91 Å². The van der Waals surface area contributed by atoms with E-state index in [4.69, 9.17) is 5.73 Å². The highest BCUT2D eigenvalue weighted by molar-refractivity contribution is 6.43. The molecule has 2 fully saturated rings. The third-order valence-electron chi connectivity index (χ3n) is 4.94. The number of hydrogen-bond donors (Lipinski definition) is 3. The van der Waals surface area contributed by atoms with Crippen LogP contribution in [0.5, 0.6) is 0 Å². The summed E-state index contributed by atoms with van der Waals surface area (Å²) in [6.07, 6.45) is 6.91. The molecular weight excluding hydrogens is 243 g/mol. The van der Waals surface area contributed by atoms with Gasteiger partial charge in [0.05, 0.1) is 12.0 Å². The van der Waals surface area contributed by atoms with Crippen molar-refractivity contribution in [2.45, 2.75) is 63.9 Å². The van der Waals surface area contributed by atoms with E-state index in [0.29, 0.717) is 13.0 Å². The highest BCUT2D eigenvalue weighted by atomic mass is 16.4. The lowest BCUT2D eigenvalue weighted by atomic mass is 9.70. The molecule has 0 aromatic heterocycles. The molecule has 2 rings (SSSR count). The molecule has 2 aliphatic rings. The Kier molecular flexibility index (Phi) is 4.53.